The molecule has 0 radical (unpaired) electrons. The SMILES string of the molecule is Cc1ccc2nc(-c3cccn3C)cc(C(=O)NCCc3ccc(Cl)cc3Cl)c2c1. The van der Waals surface area contributed by atoms with E-state index in [1.807, 2.05) is 67.2 Å². The van der Waals surface area contributed by atoms with Gasteiger partial charge in [0.15, 0.2) is 0 Å². The number of benzene rings is 2. The highest BCUT2D eigenvalue weighted by molar-refractivity contribution is 6.35. The Morgan fingerprint density at radius 2 is 1.93 bits per heavy atom. The van der Waals surface area contributed by atoms with Crippen LogP contribution in [0.5, 0.6) is 0 Å². The number of amides is 1. The van der Waals surface area contributed by atoms with Crippen LogP contribution in [0.4, 0.5) is 0 Å². The molecule has 6 heteroatoms. The van der Waals surface area contributed by atoms with Crippen LogP contribution in [-0.2, 0) is 13.5 Å². The number of carbonyl (C=O) groups excluding carboxylic acids is 1. The van der Waals surface area contributed by atoms with E-state index in [4.69, 9.17) is 28.2 Å². The number of halogens is 2. The van der Waals surface area contributed by atoms with Crippen LogP contribution in [0, 0.1) is 6.92 Å². The molecule has 0 unspecified atom stereocenters. The normalized spacial score (nSPS) is 11.1. The summed E-state index contributed by atoms with van der Waals surface area (Å²) in [5.41, 5.74) is 5.16. The summed E-state index contributed by atoms with van der Waals surface area (Å²) in [5, 5.41) is 5.07. The van der Waals surface area contributed by atoms with Gasteiger partial charge in [-0.3, -0.25) is 4.79 Å². The number of hydrogen-bond acceptors (Lipinski definition) is 2. The van der Waals surface area contributed by atoms with Crippen LogP contribution in [0.1, 0.15) is 21.5 Å². The minimum Gasteiger partial charge on any atom is -0.352 e. The van der Waals surface area contributed by atoms with Crippen LogP contribution in [0.2, 0.25) is 10.0 Å². The number of aryl methyl sites for hydroxylation is 2. The lowest BCUT2D eigenvalue weighted by atomic mass is 10.0. The zero-order valence-electron chi connectivity index (χ0n) is 16.7. The van der Waals surface area contributed by atoms with Gasteiger partial charge in [0.25, 0.3) is 5.91 Å². The van der Waals surface area contributed by atoms with Gasteiger partial charge in [-0.2, -0.15) is 0 Å². The molecule has 0 aliphatic rings. The number of carbonyl (C=O) groups is 1. The summed E-state index contributed by atoms with van der Waals surface area (Å²) in [6.07, 6.45) is 2.58. The molecule has 1 amide bonds. The third kappa shape index (κ3) is 4.20. The van der Waals surface area contributed by atoms with E-state index in [0.717, 1.165) is 33.4 Å². The third-order valence-corrected chi connectivity index (χ3v) is 5.70. The molecular formula is C24H21Cl2N3O. The summed E-state index contributed by atoms with van der Waals surface area (Å²) in [5.74, 6) is -0.131. The summed E-state index contributed by atoms with van der Waals surface area (Å²) < 4.78 is 1.99. The molecule has 0 saturated heterocycles. The van der Waals surface area contributed by atoms with E-state index < -0.39 is 0 Å². The zero-order valence-corrected chi connectivity index (χ0v) is 18.3. The third-order valence-electron chi connectivity index (χ3n) is 5.11. The van der Waals surface area contributed by atoms with Crippen molar-refractivity contribution in [2.24, 2.45) is 7.05 Å². The number of nitrogens with one attached hydrogen (secondary N) is 1. The number of rotatable bonds is 5. The van der Waals surface area contributed by atoms with E-state index in [1.54, 1.807) is 12.1 Å². The maximum Gasteiger partial charge on any atom is 0.252 e. The van der Waals surface area contributed by atoms with Gasteiger partial charge >= 0.3 is 0 Å². The summed E-state index contributed by atoms with van der Waals surface area (Å²) >= 11 is 12.2. The zero-order chi connectivity index (χ0) is 21.3. The Morgan fingerprint density at radius 1 is 1.10 bits per heavy atom. The van der Waals surface area contributed by atoms with Crippen molar-refractivity contribution in [2.75, 3.05) is 6.54 Å². The number of hydrogen-bond donors (Lipinski definition) is 1. The molecule has 0 atom stereocenters. The fourth-order valence-electron chi connectivity index (χ4n) is 3.52. The molecule has 2 aromatic carbocycles. The van der Waals surface area contributed by atoms with E-state index in [0.29, 0.717) is 28.6 Å². The van der Waals surface area contributed by atoms with Crippen LogP contribution < -0.4 is 5.32 Å². The van der Waals surface area contributed by atoms with Crippen molar-refractivity contribution >= 4 is 40.0 Å². The second-order valence-electron chi connectivity index (χ2n) is 7.32. The number of fused-ring (bicyclic) bond motifs is 1. The Labute approximate surface area is 185 Å². The summed E-state index contributed by atoms with van der Waals surface area (Å²) in [6.45, 7) is 2.48. The first-order chi connectivity index (χ1) is 14.4. The molecule has 0 aliphatic heterocycles. The van der Waals surface area contributed by atoms with Crippen LogP contribution >= 0.6 is 23.2 Å². The number of aromatic nitrogens is 2. The van der Waals surface area contributed by atoms with E-state index in [1.165, 1.54) is 0 Å². The molecule has 0 fully saturated rings. The molecule has 30 heavy (non-hydrogen) atoms. The summed E-state index contributed by atoms with van der Waals surface area (Å²) in [7, 11) is 1.96. The number of pyridine rings is 1. The van der Waals surface area contributed by atoms with Gasteiger partial charge in [-0.15, -0.1) is 0 Å². The van der Waals surface area contributed by atoms with Crippen LogP contribution in [0.15, 0.2) is 60.8 Å². The monoisotopic (exact) mass is 437 g/mol. The minimum atomic E-state index is -0.131. The quantitative estimate of drug-likeness (QED) is 0.426. The molecule has 4 aromatic rings. The van der Waals surface area contributed by atoms with Crippen LogP contribution in [0.3, 0.4) is 0 Å². The standard InChI is InChI=1S/C24H21Cl2N3O/c1-15-5-8-21-18(12-15)19(14-22(28-21)23-4-3-11-29(23)2)24(30)27-10-9-16-6-7-17(25)13-20(16)26/h3-8,11-14H,9-10H2,1-2H3,(H,27,30). The maximum atomic E-state index is 13.1. The van der Waals surface area contributed by atoms with Crippen molar-refractivity contribution in [3.8, 4) is 11.4 Å². The molecule has 0 saturated carbocycles. The molecular weight excluding hydrogens is 417 g/mol. The predicted molar refractivity (Wildman–Crippen MR) is 123 cm³/mol. The van der Waals surface area contributed by atoms with E-state index in [2.05, 4.69) is 5.32 Å². The lowest BCUT2D eigenvalue weighted by Crippen LogP contribution is -2.26. The first kappa shape index (κ1) is 20.5. The fraction of sp³-hybridized carbons (Fsp3) is 0.167. The predicted octanol–water partition coefficient (Wildman–Crippen LogP) is 5.83. The van der Waals surface area contributed by atoms with Crippen molar-refractivity contribution in [2.45, 2.75) is 13.3 Å². The van der Waals surface area contributed by atoms with Crippen molar-refractivity contribution in [3.63, 3.8) is 0 Å². The molecule has 152 valence electrons. The topological polar surface area (TPSA) is 46.9 Å². The number of nitrogens with zero attached hydrogens (tertiary/aromatic N) is 2. The van der Waals surface area contributed by atoms with Crippen LogP contribution in [0.25, 0.3) is 22.3 Å². The molecule has 4 rings (SSSR count). The van der Waals surface area contributed by atoms with Gasteiger partial charge in [0, 0.05) is 35.2 Å². The van der Waals surface area contributed by atoms with Crippen LogP contribution in [-0.4, -0.2) is 22.0 Å². The average Bonchev–Trinajstić information content (AvgIpc) is 3.14. The second kappa shape index (κ2) is 8.50. The molecule has 4 nitrogen and oxygen atoms in total. The first-order valence-electron chi connectivity index (χ1n) is 9.67. The highest BCUT2D eigenvalue weighted by Crippen LogP contribution is 2.26. The molecule has 2 aromatic heterocycles. The van der Waals surface area contributed by atoms with E-state index in [-0.39, 0.29) is 5.91 Å². The largest absolute Gasteiger partial charge is 0.352 e. The minimum absolute atomic E-state index is 0.131. The van der Waals surface area contributed by atoms with Gasteiger partial charge in [0.05, 0.1) is 22.5 Å². The smallest absolute Gasteiger partial charge is 0.252 e. The van der Waals surface area contributed by atoms with Gasteiger partial charge in [0.1, 0.15) is 0 Å². The molecule has 0 spiro atoms. The van der Waals surface area contributed by atoms with Gasteiger partial charge in [0.2, 0.25) is 0 Å². The van der Waals surface area contributed by atoms with Crippen molar-refractivity contribution in [3.05, 3.63) is 87.5 Å². The lowest BCUT2D eigenvalue weighted by Gasteiger charge is -2.12. The van der Waals surface area contributed by atoms with Crippen molar-refractivity contribution in [1.82, 2.24) is 14.9 Å². The molecule has 0 aliphatic carbocycles. The van der Waals surface area contributed by atoms with Crippen molar-refractivity contribution in [1.29, 1.82) is 0 Å². The highest BCUT2D eigenvalue weighted by atomic mass is 35.5. The van der Waals surface area contributed by atoms with Gasteiger partial charge in [-0.1, -0.05) is 40.9 Å². The fourth-order valence-corrected chi connectivity index (χ4v) is 4.02. The van der Waals surface area contributed by atoms with Gasteiger partial charge in [-0.25, -0.2) is 4.98 Å². The average molecular weight is 438 g/mol. The van der Waals surface area contributed by atoms with Crippen molar-refractivity contribution < 1.29 is 4.79 Å². The Hall–Kier alpha value is -2.82. The molecule has 1 N–H and O–H groups in total. The van der Waals surface area contributed by atoms with E-state index >= 15 is 0 Å². The van der Waals surface area contributed by atoms with Gasteiger partial charge in [-0.05, 0) is 61.4 Å². The first-order valence-corrected chi connectivity index (χ1v) is 10.4. The van der Waals surface area contributed by atoms with Gasteiger partial charge < -0.3 is 9.88 Å². The summed E-state index contributed by atoms with van der Waals surface area (Å²) in [6, 6.07) is 17.2. The lowest BCUT2D eigenvalue weighted by molar-refractivity contribution is 0.0955. The Kier molecular flexibility index (Phi) is 5.80. The highest BCUT2D eigenvalue weighted by Gasteiger charge is 2.15. The van der Waals surface area contributed by atoms with E-state index in [9.17, 15) is 4.79 Å². The second-order valence-corrected chi connectivity index (χ2v) is 8.17. The Bertz CT molecular complexity index is 1250. The summed E-state index contributed by atoms with van der Waals surface area (Å²) in [4.78, 5) is 17.9. The molecule has 0 bridgehead atoms. The molecule has 2 heterocycles. The Morgan fingerprint density at radius 3 is 2.67 bits per heavy atom. The Balaban J connectivity index is 1.63. The maximum absolute atomic E-state index is 13.1.